The van der Waals surface area contributed by atoms with Gasteiger partial charge in [-0.3, -0.25) is 4.79 Å². The molecular formula is C18H17F6N3O3S. The van der Waals surface area contributed by atoms with Gasteiger partial charge in [-0.1, -0.05) is 0 Å². The number of alkyl halides is 3. The SMILES string of the molecule is Cc1c(S(=O)(=O)NC(C)C(F)(F)F)c2n(c1C(=O)Nc1cc(F)c(F)c(F)c1)CCC2. The molecule has 31 heavy (non-hydrogen) atoms. The van der Waals surface area contributed by atoms with Crippen LogP contribution in [-0.4, -0.2) is 31.1 Å². The molecule has 0 saturated carbocycles. The molecule has 3 rings (SSSR count). The molecule has 0 fully saturated rings. The molecule has 1 aromatic heterocycles. The van der Waals surface area contributed by atoms with Crippen molar-refractivity contribution in [2.75, 3.05) is 5.32 Å². The van der Waals surface area contributed by atoms with Crippen molar-refractivity contribution in [2.24, 2.45) is 0 Å². The molecule has 1 aliphatic rings. The summed E-state index contributed by atoms with van der Waals surface area (Å²) in [6.07, 6.45) is -4.18. The van der Waals surface area contributed by atoms with Crippen LogP contribution in [0.1, 0.15) is 35.1 Å². The Bertz CT molecular complexity index is 1130. The van der Waals surface area contributed by atoms with E-state index in [-0.39, 0.29) is 29.9 Å². The van der Waals surface area contributed by atoms with Gasteiger partial charge in [-0.05, 0) is 26.7 Å². The van der Waals surface area contributed by atoms with E-state index in [4.69, 9.17) is 0 Å². The smallest absolute Gasteiger partial charge is 0.339 e. The molecule has 2 N–H and O–H groups in total. The average molecular weight is 469 g/mol. The Balaban J connectivity index is 2.01. The number of hydrogen-bond acceptors (Lipinski definition) is 3. The number of hydrogen-bond donors (Lipinski definition) is 2. The van der Waals surface area contributed by atoms with E-state index >= 15 is 0 Å². The zero-order valence-electron chi connectivity index (χ0n) is 16.2. The molecule has 0 bridgehead atoms. The summed E-state index contributed by atoms with van der Waals surface area (Å²) in [5.74, 6) is -5.76. The summed E-state index contributed by atoms with van der Waals surface area (Å²) in [7, 11) is -4.64. The van der Waals surface area contributed by atoms with Gasteiger partial charge >= 0.3 is 6.18 Å². The molecule has 1 unspecified atom stereocenters. The standard InChI is InChI=1S/C18H17F6N3O3S/c1-8-15(17(28)25-10-6-11(19)14(21)12(20)7-10)27-5-3-4-13(27)16(8)31(29,30)26-9(2)18(22,23)24/h6-7,9,26H,3-5H2,1-2H3,(H,25,28). The molecule has 0 saturated heterocycles. The van der Waals surface area contributed by atoms with E-state index in [0.717, 1.165) is 0 Å². The predicted octanol–water partition coefficient (Wildman–Crippen LogP) is 3.64. The number of nitrogens with zero attached hydrogens (tertiary/aromatic N) is 1. The summed E-state index contributed by atoms with van der Waals surface area (Å²) in [6, 6.07) is -1.27. The van der Waals surface area contributed by atoms with Crippen molar-refractivity contribution < 1.29 is 39.6 Å². The molecular weight excluding hydrogens is 452 g/mol. The highest BCUT2D eigenvalue weighted by Gasteiger charge is 2.41. The van der Waals surface area contributed by atoms with Crippen molar-refractivity contribution in [1.82, 2.24) is 9.29 Å². The predicted molar refractivity (Wildman–Crippen MR) is 97.6 cm³/mol. The highest BCUT2D eigenvalue weighted by atomic mass is 32.2. The minimum absolute atomic E-state index is 0.114. The second-order valence-electron chi connectivity index (χ2n) is 7.10. The third-order valence-electron chi connectivity index (χ3n) is 4.90. The molecule has 0 aliphatic carbocycles. The van der Waals surface area contributed by atoms with Gasteiger partial charge in [0.2, 0.25) is 10.0 Å². The number of benzene rings is 1. The van der Waals surface area contributed by atoms with Gasteiger partial charge in [-0.25, -0.2) is 21.6 Å². The first-order chi connectivity index (χ1) is 14.2. The van der Waals surface area contributed by atoms with Crippen LogP contribution in [0.25, 0.3) is 0 Å². The highest BCUT2D eigenvalue weighted by molar-refractivity contribution is 7.89. The van der Waals surface area contributed by atoms with E-state index < -0.39 is 56.2 Å². The number of carbonyl (C=O) groups excluding carboxylic acids is 1. The molecule has 2 aromatic rings. The van der Waals surface area contributed by atoms with Crippen LogP contribution < -0.4 is 10.0 Å². The molecule has 6 nitrogen and oxygen atoms in total. The summed E-state index contributed by atoms with van der Waals surface area (Å²) in [6.45, 7) is 2.11. The van der Waals surface area contributed by atoms with E-state index in [0.29, 0.717) is 25.5 Å². The van der Waals surface area contributed by atoms with Crippen LogP contribution in [0.5, 0.6) is 0 Å². The lowest BCUT2D eigenvalue weighted by Crippen LogP contribution is -2.43. The van der Waals surface area contributed by atoms with Crippen molar-refractivity contribution in [2.45, 2.75) is 50.3 Å². The minimum atomic E-state index is -4.82. The molecule has 1 aliphatic heterocycles. The maximum atomic E-state index is 13.4. The van der Waals surface area contributed by atoms with Gasteiger partial charge in [0.15, 0.2) is 17.5 Å². The maximum Gasteiger partial charge on any atom is 0.404 e. The number of fused-ring (bicyclic) bond motifs is 1. The van der Waals surface area contributed by atoms with Crippen molar-refractivity contribution in [1.29, 1.82) is 0 Å². The Morgan fingerprint density at radius 3 is 2.29 bits per heavy atom. The summed E-state index contributed by atoms with van der Waals surface area (Å²) in [5.41, 5.74) is -0.557. The molecule has 1 atom stereocenters. The van der Waals surface area contributed by atoms with Crippen LogP contribution in [0.4, 0.5) is 32.0 Å². The quantitative estimate of drug-likeness (QED) is 0.519. The summed E-state index contributed by atoms with van der Waals surface area (Å²) in [5, 5.41) is 2.17. The lowest BCUT2D eigenvalue weighted by Gasteiger charge is -2.17. The van der Waals surface area contributed by atoms with Crippen molar-refractivity contribution >= 4 is 21.6 Å². The second-order valence-corrected chi connectivity index (χ2v) is 8.75. The van der Waals surface area contributed by atoms with E-state index in [1.807, 2.05) is 0 Å². The van der Waals surface area contributed by atoms with Crippen LogP contribution in [0, 0.1) is 24.4 Å². The van der Waals surface area contributed by atoms with Crippen LogP contribution >= 0.6 is 0 Å². The number of aromatic nitrogens is 1. The normalized spacial score (nSPS) is 15.1. The molecule has 0 radical (unpaired) electrons. The summed E-state index contributed by atoms with van der Waals surface area (Å²) in [4.78, 5) is 12.3. The molecule has 170 valence electrons. The number of anilines is 1. The van der Waals surface area contributed by atoms with Gasteiger partial charge in [0, 0.05) is 35.6 Å². The Hall–Kier alpha value is -2.54. The van der Waals surface area contributed by atoms with Crippen LogP contribution in [0.15, 0.2) is 17.0 Å². The number of halogens is 6. The van der Waals surface area contributed by atoms with Gasteiger partial charge in [-0.2, -0.15) is 17.9 Å². The Morgan fingerprint density at radius 1 is 1.16 bits per heavy atom. The van der Waals surface area contributed by atoms with Gasteiger partial charge in [0.05, 0.1) is 0 Å². The van der Waals surface area contributed by atoms with Crippen molar-refractivity contribution in [3.8, 4) is 0 Å². The first-order valence-electron chi connectivity index (χ1n) is 9.01. The molecule has 1 amide bonds. The van der Waals surface area contributed by atoms with E-state index in [9.17, 15) is 39.6 Å². The maximum absolute atomic E-state index is 13.4. The summed E-state index contributed by atoms with van der Waals surface area (Å²) >= 11 is 0. The van der Waals surface area contributed by atoms with Crippen LogP contribution in [0.2, 0.25) is 0 Å². The fraction of sp³-hybridized carbons (Fsp3) is 0.389. The first-order valence-corrected chi connectivity index (χ1v) is 10.5. The minimum Gasteiger partial charge on any atom is -0.339 e. The number of nitrogens with one attached hydrogen (secondary N) is 2. The lowest BCUT2D eigenvalue weighted by atomic mass is 10.2. The average Bonchev–Trinajstić information content (AvgIpc) is 3.17. The third-order valence-corrected chi connectivity index (χ3v) is 6.64. The van der Waals surface area contributed by atoms with E-state index in [1.54, 1.807) is 4.72 Å². The molecule has 0 spiro atoms. The Labute approximate surface area is 173 Å². The first kappa shape index (κ1) is 23.1. The second kappa shape index (κ2) is 7.86. The van der Waals surface area contributed by atoms with E-state index in [2.05, 4.69) is 5.32 Å². The number of carbonyl (C=O) groups is 1. The fourth-order valence-corrected chi connectivity index (χ4v) is 5.25. The van der Waals surface area contributed by atoms with Gasteiger partial charge < -0.3 is 9.88 Å². The molecule has 13 heteroatoms. The monoisotopic (exact) mass is 469 g/mol. The highest BCUT2D eigenvalue weighted by Crippen LogP contribution is 2.34. The van der Waals surface area contributed by atoms with Gasteiger partial charge in [0.25, 0.3) is 5.91 Å². The van der Waals surface area contributed by atoms with Crippen molar-refractivity contribution in [3.05, 3.63) is 46.5 Å². The largest absolute Gasteiger partial charge is 0.404 e. The number of rotatable bonds is 5. The third kappa shape index (κ3) is 4.28. The van der Waals surface area contributed by atoms with Gasteiger partial charge in [-0.15, -0.1) is 0 Å². The van der Waals surface area contributed by atoms with Crippen molar-refractivity contribution in [3.63, 3.8) is 0 Å². The zero-order chi connectivity index (χ0) is 23.3. The molecule has 1 aromatic carbocycles. The zero-order valence-corrected chi connectivity index (χ0v) is 17.0. The fourth-order valence-electron chi connectivity index (χ4n) is 3.51. The topological polar surface area (TPSA) is 80.2 Å². The Kier molecular flexibility index (Phi) is 5.86. The van der Waals surface area contributed by atoms with Crippen LogP contribution in [-0.2, 0) is 23.0 Å². The van der Waals surface area contributed by atoms with E-state index in [1.165, 1.54) is 11.5 Å². The summed E-state index contributed by atoms with van der Waals surface area (Å²) < 4.78 is 107. The van der Waals surface area contributed by atoms with Crippen LogP contribution in [0.3, 0.4) is 0 Å². The number of amides is 1. The lowest BCUT2D eigenvalue weighted by molar-refractivity contribution is -0.147. The number of sulfonamides is 1. The van der Waals surface area contributed by atoms with Gasteiger partial charge in [0.1, 0.15) is 16.6 Å². The molecule has 2 heterocycles. The Morgan fingerprint density at radius 2 is 1.74 bits per heavy atom.